The van der Waals surface area contributed by atoms with Gasteiger partial charge in [0.25, 0.3) is 0 Å². The highest BCUT2D eigenvalue weighted by Gasteiger charge is 2.15. The van der Waals surface area contributed by atoms with Gasteiger partial charge in [0.1, 0.15) is 0 Å². The van der Waals surface area contributed by atoms with Gasteiger partial charge in [-0.3, -0.25) is 14.1 Å². The maximum Gasteiger partial charge on any atom is 0.328 e. The second kappa shape index (κ2) is 9.72. The third-order valence-electron chi connectivity index (χ3n) is 5.64. The van der Waals surface area contributed by atoms with Crippen molar-refractivity contribution in [1.82, 2.24) is 34.7 Å². The maximum absolute atomic E-state index is 13.0. The molecule has 0 aliphatic carbocycles. The number of benzene rings is 1. The van der Waals surface area contributed by atoms with Crippen LogP contribution >= 0.6 is 0 Å². The zero-order valence-corrected chi connectivity index (χ0v) is 18.8. The maximum atomic E-state index is 13.0. The number of aromatic amines is 1. The van der Waals surface area contributed by atoms with Crippen LogP contribution in [0.1, 0.15) is 57.3 Å². The fraction of sp³-hybridized carbons (Fsp3) is 0.375. The number of aryl methyl sites for hydroxylation is 1. The Morgan fingerprint density at radius 3 is 2.59 bits per heavy atom. The van der Waals surface area contributed by atoms with Crippen LogP contribution in [0.25, 0.3) is 22.6 Å². The number of hydrogen-bond acceptors (Lipinski definition) is 5. The van der Waals surface area contributed by atoms with Crippen molar-refractivity contribution in [2.45, 2.75) is 59.0 Å². The molecule has 3 heterocycles. The number of unbranched alkanes of at least 4 members (excludes halogenated alkanes) is 2. The minimum absolute atomic E-state index is 0.0553. The Kier molecular flexibility index (Phi) is 6.58. The van der Waals surface area contributed by atoms with Gasteiger partial charge < -0.3 is 0 Å². The summed E-state index contributed by atoms with van der Waals surface area (Å²) in [5.74, 6) is 0.510. The molecule has 0 unspecified atom stereocenters. The monoisotopic (exact) mass is 431 g/mol. The second-order valence-electron chi connectivity index (χ2n) is 8.28. The molecule has 0 amide bonds. The molecular formula is C24H29N7O. The van der Waals surface area contributed by atoms with E-state index in [1.807, 2.05) is 53.4 Å². The van der Waals surface area contributed by atoms with Crippen molar-refractivity contribution >= 4 is 0 Å². The molecule has 0 saturated heterocycles. The summed E-state index contributed by atoms with van der Waals surface area (Å²) >= 11 is 0. The molecule has 0 spiro atoms. The molecule has 0 saturated carbocycles. The normalized spacial score (nSPS) is 11.4. The van der Waals surface area contributed by atoms with E-state index >= 15 is 0 Å². The third kappa shape index (κ3) is 4.54. The first-order valence-corrected chi connectivity index (χ1v) is 11.2. The largest absolute Gasteiger partial charge is 0.328 e. The van der Waals surface area contributed by atoms with Crippen molar-refractivity contribution in [1.29, 1.82) is 0 Å². The average Bonchev–Trinajstić information content (AvgIpc) is 3.44. The predicted molar refractivity (Wildman–Crippen MR) is 124 cm³/mol. The van der Waals surface area contributed by atoms with Gasteiger partial charge in [0.05, 0.1) is 12.2 Å². The SMILES string of the molecule is CCCCCc1cn(C(C)C)c(=O)n1Cc1ccc(-c2ncccc2-c2nn[nH]n2)cc1. The van der Waals surface area contributed by atoms with E-state index in [4.69, 9.17) is 0 Å². The first-order chi connectivity index (χ1) is 15.6. The molecule has 4 aromatic rings. The molecule has 0 aliphatic heterocycles. The quantitative estimate of drug-likeness (QED) is 0.400. The van der Waals surface area contributed by atoms with Gasteiger partial charge >= 0.3 is 5.69 Å². The van der Waals surface area contributed by atoms with Crippen molar-refractivity contribution in [3.63, 3.8) is 0 Å². The fourth-order valence-electron chi connectivity index (χ4n) is 3.88. The summed E-state index contributed by atoms with van der Waals surface area (Å²) in [5, 5.41) is 14.3. The van der Waals surface area contributed by atoms with E-state index in [2.05, 4.69) is 44.7 Å². The Morgan fingerprint density at radius 2 is 1.91 bits per heavy atom. The van der Waals surface area contributed by atoms with Crippen molar-refractivity contribution in [3.8, 4) is 22.6 Å². The molecular weight excluding hydrogens is 402 g/mol. The summed E-state index contributed by atoms with van der Waals surface area (Å²) < 4.78 is 3.75. The number of H-pyrrole nitrogens is 1. The van der Waals surface area contributed by atoms with Crippen molar-refractivity contribution < 1.29 is 0 Å². The van der Waals surface area contributed by atoms with Crippen LogP contribution in [0.3, 0.4) is 0 Å². The van der Waals surface area contributed by atoms with Crippen LogP contribution in [0.2, 0.25) is 0 Å². The molecule has 166 valence electrons. The van der Waals surface area contributed by atoms with Crippen LogP contribution in [0.5, 0.6) is 0 Å². The van der Waals surface area contributed by atoms with Gasteiger partial charge in [0.2, 0.25) is 5.82 Å². The highest BCUT2D eigenvalue weighted by Crippen LogP contribution is 2.27. The fourth-order valence-corrected chi connectivity index (χ4v) is 3.88. The van der Waals surface area contributed by atoms with Gasteiger partial charge in [0.15, 0.2) is 0 Å². The Hall–Kier alpha value is -3.55. The van der Waals surface area contributed by atoms with Gasteiger partial charge in [0, 0.05) is 35.3 Å². The topological polar surface area (TPSA) is 94.3 Å². The Balaban J connectivity index is 1.61. The van der Waals surface area contributed by atoms with E-state index < -0.39 is 0 Å². The smallest absolute Gasteiger partial charge is 0.296 e. The molecule has 3 aromatic heterocycles. The number of rotatable bonds is 9. The van der Waals surface area contributed by atoms with Gasteiger partial charge in [-0.25, -0.2) is 4.79 Å². The molecule has 32 heavy (non-hydrogen) atoms. The molecule has 4 rings (SSSR count). The van der Waals surface area contributed by atoms with Crippen LogP contribution in [-0.2, 0) is 13.0 Å². The number of tetrazole rings is 1. The molecule has 0 atom stereocenters. The number of nitrogens with zero attached hydrogens (tertiary/aromatic N) is 6. The Bertz CT molecular complexity index is 1200. The molecule has 1 N–H and O–H groups in total. The lowest BCUT2D eigenvalue weighted by molar-refractivity contribution is 0.560. The first-order valence-electron chi connectivity index (χ1n) is 11.2. The van der Waals surface area contributed by atoms with E-state index in [9.17, 15) is 4.79 Å². The van der Waals surface area contributed by atoms with E-state index in [1.54, 1.807) is 6.20 Å². The molecule has 8 heteroatoms. The van der Waals surface area contributed by atoms with Crippen molar-refractivity contribution in [3.05, 3.63) is 70.5 Å². The van der Waals surface area contributed by atoms with Gasteiger partial charge in [-0.15, -0.1) is 10.2 Å². The zero-order valence-electron chi connectivity index (χ0n) is 18.8. The van der Waals surface area contributed by atoms with Gasteiger partial charge in [-0.05, 0) is 49.6 Å². The van der Waals surface area contributed by atoms with Crippen LogP contribution < -0.4 is 5.69 Å². The number of hydrogen-bond donors (Lipinski definition) is 1. The Morgan fingerprint density at radius 1 is 1.09 bits per heavy atom. The summed E-state index contributed by atoms with van der Waals surface area (Å²) in [6, 6.07) is 12.1. The van der Waals surface area contributed by atoms with Crippen LogP contribution in [0, 0.1) is 0 Å². The van der Waals surface area contributed by atoms with Crippen molar-refractivity contribution in [2.24, 2.45) is 0 Å². The Labute approximate surface area is 187 Å². The number of imidazole rings is 1. The lowest BCUT2D eigenvalue weighted by atomic mass is 10.0. The van der Waals surface area contributed by atoms with Gasteiger partial charge in [-0.2, -0.15) is 5.21 Å². The summed E-state index contributed by atoms with van der Waals surface area (Å²) in [4.78, 5) is 17.6. The molecule has 0 radical (unpaired) electrons. The summed E-state index contributed by atoms with van der Waals surface area (Å²) in [7, 11) is 0. The van der Waals surface area contributed by atoms with Crippen LogP contribution in [0.15, 0.2) is 53.6 Å². The summed E-state index contributed by atoms with van der Waals surface area (Å²) in [5.41, 5.74) is 4.81. The minimum atomic E-state index is 0.0553. The third-order valence-corrected chi connectivity index (χ3v) is 5.64. The van der Waals surface area contributed by atoms with Crippen LogP contribution in [0.4, 0.5) is 0 Å². The average molecular weight is 432 g/mol. The number of aromatic nitrogens is 7. The van der Waals surface area contributed by atoms with E-state index in [1.165, 1.54) is 6.42 Å². The molecule has 0 fully saturated rings. The standard InChI is InChI=1S/C24H29N7O/c1-4-5-6-8-20-16-30(17(2)3)24(32)31(20)15-18-10-12-19(13-11-18)22-21(9-7-14-25-22)23-26-28-29-27-23/h7,9-14,16-17H,4-6,8,15H2,1-3H3,(H,26,27,28,29). The lowest BCUT2D eigenvalue weighted by Crippen LogP contribution is -2.26. The van der Waals surface area contributed by atoms with E-state index in [0.29, 0.717) is 12.4 Å². The molecule has 1 aromatic carbocycles. The van der Waals surface area contributed by atoms with E-state index in [-0.39, 0.29) is 11.7 Å². The van der Waals surface area contributed by atoms with Crippen LogP contribution in [-0.4, -0.2) is 34.7 Å². The molecule has 8 nitrogen and oxygen atoms in total. The minimum Gasteiger partial charge on any atom is -0.296 e. The first kappa shape index (κ1) is 21.7. The van der Waals surface area contributed by atoms with Crippen molar-refractivity contribution in [2.75, 3.05) is 0 Å². The zero-order chi connectivity index (χ0) is 22.5. The molecule has 0 bridgehead atoms. The predicted octanol–water partition coefficient (Wildman–Crippen LogP) is 4.25. The second-order valence-corrected chi connectivity index (χ2v) is 8.28. The highest BCUT2D eigenvalue weighted by atomic mass is 16.1. The number of nitrogens with one attached hydrogen (secondary N) is 1. The summed E-state index contributed by atoms with van der Waals surface area (Å²) in [6.07, 6.45) is 8.13. The molecule has 0 aliphatic rings. The van der Waals surface area contributed by atoms with E-state index in [0.717, 1.165) is 47.3 Å². The number of pyridine rings is 1. The highest BCUT2D eigenvalue weighted by molar-refractivity contribution is 5.76. The lowest BCUT2D eigenvalue weighted by Gasteiger charge is -2.10. The summed E-state index contributed by atoms with van der Waals surface area (Å²) in [6.45, 7) is 6.84. The van der Waals surface area contributed by atoms with Gasteiger partial charge in [-0.1, -0.05) is 44.0 Å².